The Bertz CT molecular complexity index is 1150. The average molecular weight is 424 g/mol. The number of hydrogen-bond acceptors (Lipinski definition) is 5. The zero-order valence-corrected chi connectivity index (χ0v) is 15.7. The molecule has 0 unspecified atom stereocenters. The molecule has 0 fully saturated rings. The summed E-state index contributed by atoms with van der Waals surface area (Å²) in [6.07, 6.45) is 3.56. The van der Waals surface area contributed by atoms with Gasteiger partial charge in [0.2, 0.25) is 0 Å². The Labute approximate surface area is 162 Å². The predicted octanol–water partition coefficient (Wildman–Crippen LogP) is 2.41. The second-order valence-electron chi connectivity index (χ2n) is 6.28. The van der Waals surface area contributed by atoms with Crippen molar-refractivity contribution in [3.8, 4) is 11.5 Å². The van der Waals surface area contributed by atoms with Gasteiger partial charge in [0, 0.05) is 30.0 Å². The maximum Gasteiger partial charge on any atom is 0.274 e. The lowest BCUT2D eigenvalue weighted by molar-refractivity contribution is 0.0701. The molecular weight excluding hydrogens is 410 g/mol. The molecule has 0 N–H and O–H groups in total. The van der Waals surface area contributed by atoms with Crippen LogP contribution >= 0.6 is 15.9 Å². The molecule has 27 heavy (non-hydrogen) atoms. The molecule has 1 aliphatic heterocycles. The molecule has 0 aliphatic carbocycles. The molecule has 4 aromatic rings. The van der Waals surface area contributed by atoms with Gasteiger partial charge in [-0.25, -0.2) is 4.52 Å². The summed E-state index contributed by atoms with van der Waals surface area (Å²) in [7, 11) is 0. The summed E-state index contributed by atoms with van der Waals surface area (Å²) < 4.78 is 4.63. The number of carbonyl (C=O) groups excluding carboxylic acids is 1. The summed E-state index contributed by atoms with van der Waals surface area (Å²) in [4.78, 5) is 19.0. The number of nitrogens with zero attached hydrogens (tertiary/aromatic N) is 7. The minimum Gasteiger partial charge on any atom is -0.328 e. The molecule has 5 rings (SSSR count). The Balaban J connectivity index is 1.42. The lowest BCUT2D eigenvalue weighted by Gasteiger charge is -2.27. The molecule has 0 saturated carbocycles. The smallest absolute Gasteiger partial charge is 0.274 e. The number of pyridine rings is 2. The van der Waals surface area contributed by atoms with Gasteiger partial charge >= 0.3 is 0 Å². The molecule has 0 saturated heterocycles. The Morgan fingerprint density at radius 1 is 1.11 bits per heavy atom. The first-order chi connectivity index (χ1) is 13.2. The monoisotopic (exact) mass is 423 g/mol. The van der Waals surface area contributed by atoms with Gasteiger partial charge in [-0.05, 0) is 46.3 Å². The lowest BCUT2D eigenvalue weighted by Crippen LogP contribution is -2.38. The van der Waals surface area contributed by atoms with Crippen molar-refractivity contribution in [3.63, 3.8) is 0 Å². The van der Waals surface area contributed by atoms with Gasteiger partial charge in [0.05, 0.1) is 12.1 Å². The number of aromatic nitrogens is 6. The topological polar surface area (TPSA) is 81.2 Å². The van der Waals surface area contributed by atoms with Crippen LogP contribution in [0.1, 0.15) is 16.3 Å². The molecule has 8 nitrogen and oxygen atoms in total. The van der Waals surface area contributed by atoms with Crippen LogP contribution in [0, 0.1) is 0 Å². The molecule has 0 radical (unpaired) electrons. The predicted molar refractivity (Wildman–Crippen MR) is 101 cm³/mol. The minimum atomic E-state index is -0.108. The highest BCUT2D eigenvalue weighted by Gasteiger charge is 2.27. The fraction of sp³-hybridized carbons (Fsp3) is 0.167. The summed E-state index contributed by atoms with van der Waals surface area (Å²) in [6, 6.07) is 11.3. The fourth-order valence-corrected chi connectivity index (χ4v) is 3.57. The maximum absolute atomic E-state index is 12.9. The van der Waals surface area contributed by atoms with Crippen molar-refractivity contribution in [1.82, 2.24) is 34.3 Å². The highest BCUT2D eigenvalue weighted by atomic mass is 79.9. The van der Waals surface area contributed by atoms with E-state index in [0.29, 0.717) is 25.3 Å². The van der Waals surface area contributed by atoms with Gasteiger partial charge in [-0.15, -0.1) is 10.2 Å². The molecule has 5 heterocycles. The molecule has 0 atom stereocenters. The van der Waals surface area contributed by atoms with Gasteiger partial charge in [0.25, 0.3) is 5.91 Å². The van der Waals surface area contributed by atoms with Crippen molar-refractivity contribution in [2.24, 2.45) is 0 Å². The zero-order chi connectivity index (χ0) is 18.4. The van der Waals surface area contributed by atoms with Crippen molar-refractivity contribution in [2.75, 3.05) is 6.54 Å². The van der Waals surface area contributed by atoms with E-state index in [1.165, 1.54) is 0 Å². The van der Waals surface area contributed by atoms with Gasteiger partial charge in [0.15, 0.2) is 17.3 Å². The molecule has 1 aliphatic rings. The highest BCUT2D eigenvalue weighted by Crippen LogP contribution is 2.21. The summed E-state index contributed by atoms with van der Waals surface area (Å²) in [5, 5.41) is 12.9. The molecule has 0 spiro atoms. The first kappa shape index (κ1) is 16.1. The molecule has 1 amide bonds. The van der Waals surface area contributed by atoms with Crippen LogP contribution in [-0.4, -0.2) is 46.7 Å². The summed E-state index contributed by atoms with van der Waals surface area (Å²) >= 11 is 3.42. The van der Waals surface area contributed by atoms with Crippen LogP contribution in [0.15, 0.2) is 53.3 Å². The fourth-order valence-electron chi connectivity index (χ4n) is 3.24. The van der Waals surface area contributed by atoms with Crippen LogP contribution in [0.4, 0.5) is 0 Å². The standard InChI is InChI=1S/C18H14BrN7O/c19-12-4-5-13-9-15(23-26(13)10-12)18(27)24-7-8-25-16(11-24)21-22-17(25)14-3-1-2-6-20-14/h1-6,9-10H,7-8,11H2. The third-order valence-corrected chi connectivity index (χ3v) is 5.05. The SMILES string of the molecule is O=C(c1cc2ccc(Br)cn2n1)N1CCn2c(nnc2-c2ccccn2)C1. The zero-order valence-electron chi connectivity index (χ0n) is 14.2. The quantitative estimate of drug-likeness (QED) is 0.494. The highest BCUT2D eigenvalue weighted by molar-refractivity contribution is 9.10. The van der Waals surface area contributed by atoms with E-state index in [0.717, 1.165) is 27.3 Å². The molecule has 4 aromatic heterocycles. The van der Waals surface area contributed by atoms with Gasteiger partial charge < -0.3 is 9.47 Å². The average Bonchev–Trinajstić information content (AvgIpc) is 3.31. The van der Waals surface area contributed by atoms with Gasteiger partial charge in [-0.3, -0.25) is 9.78 Å². The summed E-state index contributed by atoms with van der Waals surface area (Å²) in [5.41, 5.74) is 2.08. The van der Waals surface area contributed by atoms with Gasteiger partial charge in [-0.2, -0.15) is 5.10 Å². The summed E-state index contributed by atoms with van der Waals surface area (Å²) in [6.45, 7) is 1.59. The molecule has 0 bridgehead atoms. The van der Waals surface area contributed by atoms with Crippen molar-refractivity contribution in [1.29, 1.82) is 0 Å². The number of carbonyl (C=O) groups is 1. The number of rotatable bonds is 2. The van der Waals surface area contributed by atoms with E-state index >= 15 is 0 Å². The van der Waals surface area contributed by atoms with E-state index in [-0.39, 0.29) is 5.91 Å². The Hall–Kier alpha value is -3.07. The van der Waals surface area contributed by atoms with E-state index in [1.807, 2.05) is 41.1 Å². The van der Waals surface area contributed by atoms with E-state index in [4.69, 9.17) is 0 Å². The van der Waals surface area contributed by atoms with Crippen molar-refractivity contribution >= 4 is 27.4 Å². The molecular formula is C18H14BrN7O. The first-order valence-electron chi connectivity index (χ1n) is 8.47. The number of hydrogen-bond donors (Lipinski definition) is 0. The second-order valence-corrected chi connectivity index (χ2v) is 7.20. The number of halogens is 1. The third-order valence-electron chi connectivity index (χ3n) is 4.58. The van der Waals surface area contributed by atoms with Crippen LogP contribution in [0.5, 0.6) is 0 Å². The number of fused-ring (bicyclic) bond motifs is 2. The number of amides is 1. The van der Waals surface area contributed by atoms with Crippen LogP contribution in [-0.2, 0) is 13.1 Å². The minimum absolute atomic E-state index is 0.108. The van der Waals surface area contributed by atoms with Crippen molar-refractivity contribution in [2.45, 2.75) is 13.1 Å². The van der Waals surface area contributed by atoms with E-state index < -0.39 is 0 Å². The van der Waals surface area contributed by atoms with Gasteiger partial charge in [-0.1, -0.05) is 6.07 Å². The first-order valence-corrected chi connectivity index (χ1v) is 9.26. The molecule has 134 valence electrons. The third kappa shape index (κ3) is 2.80. The maximum atomic E-state index is 12.9. The van der Waals surface area contributed by atoms with Crippen LogP contribution in [0.3, 0.4) is 0 Å². The summed E-state index contributed by atoms with van der Waals surface area (Å²) in [5.74, 6) is 1.38. The largest absolute Gasteiger partial charge is 0.328 e. The van der Waals surface area contributed by atoms with Crippen molar-refractivity contribution < 1.29 is 4.79 Å². The van der Waals surface area contributed by atoms with Crippen molar-refractivity contribution in [3.05, 3.63) is 64.8 Å². The van der Waals surface area contributed by atoms with Crippen LogP contribution in [0.2, 0.25) is 0 Å². The normalized spacial score (nSPS) is 13.7. The van der Waals surface area contributed by atoms with Crippen LogP contribution < -0.4 is 0 Å². The lowest BCUT2D eigenvalue weighted by atomic mass is 10.2. The second kappa shape index (κ2) is 6.27. The van der Waals surface area contributed by atoms with E-state index in [2.05, 4.69) is 36.2 Å². The van der Waals surface area contributed by atoms with E-state index in [1.54, 1.807) is 21.7 Å². The van der Waals surface area contributed by atoms with E-state index in [9.17, 15) is 4.79 Å². The molecule has 9 heteroatoms. The Morgan fingerprint density at radius 2 is 2.04 bits per heavy atom. The van der Waals surface area contributed by atoms with Gasteiger partial charge in [0.1, 0.15) is 5.69 Å². The Kier molecular flexibility index (Phi) is 3.75. The van der Waals surface area contributed by atoms with Crippen LogP contribution in [0.25, 0.3) is 17.0 Å². The Morgan fingerprint density at radius 3 is 2.89 bits per heavy atom. The molecule has 0 aromatic carbocycles.